The van der Waals surface area contributed by atoms with Crippen LogP contribution >= 0.6 is 0 Å². The molecule has 2 heterocycles. The quantitative estimate of drug-likeness (QED) is 0.525. The van der Waals surface area contributed by atoms with Gasteiger partial charge in [0, 0.05) is 6.54 Å². The van der Waals surface area contributed by atoms with Gasteiger partial charge >= 0.3 is 0 Å². The van der Waals surface area contributed by atoms with Gasteiger partial charge < -0.3 is 5.32 Å². The number of carbonyl (C=O) groups is 2. The summed E-state index contributed by atoms with van der Waals surface area (Å²) in [4.78, 5) is 27.6. The first-order valence-corrected chi connectivity index (χ1v) is 4.72. The summed E-state index contributed by atoms with van der Waals surface area (Å²) in [5.41, 5.74) is 0. The van der Waals surface area contributed by atoms with Gasteiger partial charge in [0.2, 0.25) is 5.91 Å². The molecule has 2 fully saturated rings. The van der Waals surface area contributed by atoms with Gasteiger partial charge in [0.05, 0.1) is 19.7 Å². The Balaban J connectivity index is 1.88. The van der Waals surface area contributed by atoms with Crippen LogP contribution in [0.1, 0.15) is 6.42 Å². The van der Waals surface area contributed by atoms with Gasteiger partial charge in [0.15, 0.2) is 0 Å². The molecule has 78 valence electrons. The van der Waals surface area contributed by atoms with Crippen LogP contribution in [-0.2, 0) is 14.4 Å². The van der Waals surface area contributed by atoms with Crippen LogP contribution in [0, 0.1) is 0 Å². The average Bonchev–Trinajstić information content (AvgIpc) is 2.71. The number of piperazine rings is 1. The minimum absolute atomic E-state index is 0.0728. The molecule has 14 heavy (non-hydrogen) atoms. The fraction of sp³-hybridized carbons (Fsp3) is 0.750. The minimum Gasteiger partial charge on any atom is -0.353 e. The van der Waals surface area contributed by atoms with E-state index >= 15 is 0 Å². The lowest BCUT2D eigenvalue weighted by molar-refractivity contribution is -0.171. The van der Waals surface area contributed by atoms with Crippen molar-refractivity contribution in [3.8, 4) is 0 Å². The minimum atomic E-state index is -0.342. The Labute approximate surface area is 81.5 Å². The molecule has 1 atom stereocenters. The molecule has 6 heteroatoms. The van der Waals surface area contributed by atoms with Gasteiger partial charge in [-0.1, -0.05) is 0 Å². The van der Waals surface area contributed by atoms with E-state index in [4.69, 9.17) is 4.84 Å². The van der Waals surface area contributed by atoms with Crippen LogP contribution in [-0.4, -0.2) is 49.2 Å². The molecule has 0 aromatic carbocycles. The van der Waals surface area contributed by atoms with Crippen molar-refractivity contribution in [2.45, 2.75) is 12.5 Å². The SMILES string of the molecule is O=C1CNC(C(=O)N2CCCO2)CN1. The van der Waals surface area contributed by atoms with Crippen molar-refractivity contribution in [2.75, 3.05) is 26.2 Å². The van der Waals surface area contributed by atoms with Gasteiger partial charge in [0.25, 0.3) is 5.91 Å². The molecule has 1 unspecified atom stereocenters. The van der Waals surface area contributed by atoms with E-state index in [0.717, 1.165) is 6.42 Å². The summed E-state index contributed by atoms with van der Waals surface area (Å²) in [6.45, 7) is 1.79. The van der Waals surface area contributed by atoms with Crippen LogP contribution in [0.2, 0.25) is 0 Å². The fourth-order valence-corrected chi connectivity index (χ4v) is 1.54. The number of hydrogen-bond acceptors (Lipinski definition) is 4. The molecular weight excluding hydrogens is 186 g/mol. The van der Waals surface area contributed by atoms with E-state index in [2.05, 4.69) is 10.6 Å². The lowest BCUT2D eigenvalue weighted by Gasteiger charge is -2.26. The maximum absolute atomic E-state index is 11.7. The average molecular weight is 199 g/mol. The topological polar surface area (TPSA) is 70.7 Å². The summed E-state index contributed by atoms with van der Waals surface area (Å²) in [5, 5.41) is 6.86. The molecule has 0 aromatic heterocycles. The van der Waals surface area contributed by atoms with E-state index in [0.29, 0.717) is 19.7 Å². The predicted octanol–water partition coefficient (Wildman–Crippen LogP) is -1.76. The van der Waals surface area contributed by atoms with Gasteiger partial charge in [-0.05, 0) is 6.42 Å². The van der Waals surface area contributed by atoms with E-state index in [1.165, 1.54) is 5.06 Å². The van der Waals surface area contributed by atoms with Crippen LogP contribution in [0.4, 0.5) is 0 Å². The molecule has 2 amide bonds. The van der Waals surface area contributed by atoms with Crippen molar-refractivity contribution in [3.05, 3.63) is 0 Å². The van der Waals surface area contributed by atoms with Gasteiger partial charge in [-0.15, -0.1) is 0 Å². The molecular formula is C8H13N3O3. The van der Waals surface area contributed by atoms with Crippen LogP contribution in [0.3, 0.4) is 0 Å². The van der Waals surface area contributed by atoms with Crippen LogP contribution in [0.15, 0.2) is 0 Å². The monoisotopic (exact) mass is 199 g/mol. The van der Waals surface area contributed by atoms with Crippen molar-refractivity contribution >= 4 is 11.8 Å². The highest BCUT2D eigenvalue weighted by atomic mass is 16.7. The Hall–Kier alpha value is -1.14. The molecule has 0 spiro atoms. The van der Waals surface area contributed by atoms with Gasteiger partial charge in [-0.3, -0.25) is 19.7 Å². The number of amides is 2. The Bertz CT molecular complexity index is 240. The normalized spacial score (nSPS) is 27.6. The van der Waals surface area contributed by atoms with Gasteiger partial charge in [0.1, 0.15) is 6.04 Å². The van der Waals surface area contributed by atoms with E-state index in [-0.39, 0.29) is 24.4 Å². The van der Waals surface area contributed by atoms with Crippen LogP contribution in [0.5, 0.6) is 0 Å². The molecule has 0 aromatic rings. The third-order valence-electron chi connectivity index (χ3n) is 2.31. The molecule has 0 aliphatic carbocycles. The maximum atomic E-state index is 11.7. The Kier molecular flexibility index (Phi) is 2.64. The fourth-order valence-electron chi connectivity index (χ4n) is 1.54. The lowest BCUT2D eigenvalue weighted by Crippen LogP contribution is -2.58. The Morgan fingerprint density at radius 2 is 2.43 bits per heavy atom. The van der Waals surface area contributed by atoms with E-state index in [9.17, 15) is 9.59 Å². The molecule has 2 aliphatic rings. The predicted molar refractivity (Wildman–Crippen MR) is 47.1 cm³/mol. The first-order chi connectivity index (χ1) is 6.77. The van der Waals surface area contributed by atoms with Gasteiger partial charge in [-0.2, -0.15) is 0 Å². The zero-order valence-corrected chi connectivity index (χ0v) is 7.78. The van der Waals surface area contributed by atoms with Crippen LogP contribution in [0.25, 0.3) is 0 Å². The molecule has 0 saturated carbocycles. The second-order valence-electron chi connectivity index (χ2n) is 3.36. The Morgan fingerprint density at radius 1 is 1.57 bits per heavy atom. The zero-order chi connectivity index (χ0) is 9.97. The second kappa shape index (κ2) is 3.93. The summed E-state index contributed by atoms with van der Waals surface area (Å²) < 4.78 is 0. The number of hydrogen-bond donors (Lipinski definition) is 2. The molecule has 2 rings (SSSR count). The van der Waals surface area contributed by atoms with E-state index in [1.54, 1.807) is 0 Å². The number of nitrogens with zero attached hydrogens (tertiary/aromatic N) is 1. The summed E-state index contributed by atoms with van der Waals surface area (Å²) in [6, 6.07) is -0.342. The third kappa shape index (κ3) is 1.85. The van der Waals surface area contributed by atoms with Crippen molar-refractivity contribution in [2.24, 2.45) is 0 Å². The lowest BCUT2D eigenvalue weighted by atomic mass is 10.2. The molecule has 2 aliphatic heterocycles. The van der Waals surface area contributed by atoms with Crippen molar-refractivity contribution in [1.82, 2.24) is 15.7 Å². The number of carbonyl (C=O) groups excluding carboxylic acids is 2. The largest absolute Gasteiger partial charge is 0.353 e. The van der Waals surface area contributed by atoms with Gasteiger partial charge in [-0.25, -0.2) is 5.06 Å². The highest BCUT2D eigenvalue weighted by molar-refractivity contribution is 5.86. The molecule has 2 N–H and O–H groups in total. The summed E-state index contributed by atoms with van der Waals surface area (Å²) in [6.07, 6.45) is 0.880. The zero-order valence-electron chi connectivity index (χ0n) is 7.78. The summed E-state index contributed by atoms with van der Waals surface area (Å²) in [5.74, 6) is -0.168. The maximum Gasteiger partial charge on any atom is 0.265 e. The first kappa shape index (κ1) is 9.42. The number of rotatable bonds is 1. The van der Waals surface area contributed by atoms with E-state index < -0.39 is 0 Å². The van der Waals surface area contributed by atoms with Crippen LogP contribution < -0.4 is 10.6 Å². The number of hydroxylamine groups is 2. The molecule has 0 radical (unpaired) electrons. The molecule has 2 saturated heterocycles. The van der Waals surface area contributed by atoms with Crippen molar-refractivity contribution in [3.63, 3.8) is 0 Å². The summed E-state index contributed by atoms with van der Waals surface area (Å²) >= 11 is 0. The standard InChI is InChI=1S/C8H13N3O3/c12-7-5-9-6(4-10-7)8(13)11-2-1-3-14-11/h6,9H,1-5H2,(H,10,12). The molecule has 6 nitrogen and oxygen atoms in total. The van der Waals surface area contributed by atoms with E-state index in [1.807, 2.05) is 0 Å². The Morgan fingerprint density at radius 3 is 3.00 bits per heavy atom. The van der Waals surface area contributed by atoms with Crippen molar-refractivity contribution < 1.29 is 14.4 Å². The smallest absolute Gasteiger partial charge is 0.265 e. The highest BCUT2D eigenvalue weighted by Gasteiger charge is 2.30. The molecule has 0 bridgehead atoms. The summed E-state index contributed by atoms with van der Waals surface area (Å²) in [7, 11) is 0. The third-order valence-corrected chi connectivity index (χ3v) is 2.31. The second-order valence-corrected chi connectivity index (χ2v) is 3.36. The highest BCUT2D eigenvalue weighted by Crippen LogP contribution is 2.06. The first-order valence-electron chi connectivity index (χ1n) is 4.72. The van der Waals surface area contributed by atoms with Crippen molar-refractivity contribution in [1.29, 1.82) is 0 Å². The number of nitrogens with one attached hydrogen (secondary N) is 2.